The molecule has 6 nitrogen and oxygen atoms in total. The summed E-state index contributed by atoms with van der Waals surface area (Å²) < 4.78 is 3.41. The standard InChI is InChI=1S/C20H18N4O2/c1-13-19(20(26)24(23(13)2)14-8-4-3-5-9-14)22-17-12-18(25)21-16-11-7-6-10-15(16)17/h3-12H,1-2H3,(H2,21,22,25). The third kappa shape index (κ3) is 2.52. The van der Waals surface area contributed by atoms with Gasteiger partial charge in [0.25, 0.3) is 5.56 Å². The Morgan fingerprint density at radius 3 is 2.42 bits per heavy atom. The van der Waals surface area contributed by atoms with Crippen LogP contribution in [0.1, 0.15) is 5.69 Å². The zero-order chi connectivity index (χ0) is 18.3. The van der Waals surface area contributed by atoms with Crippen molar-refractivity contribution in [2.24, 2.45) is 7.05 Å². The molecular formula is C20H18N4O2. The number of hydrogen-bond donors (Lipinski definition) is 2. The van der Waals surface area contributed by atoms with Gasteiger partial charge >= 0.3 is 0 Å². The number of aromatic nitrogens is 3. The van der Waals surface area contributed by atoms with Crippen LogP contribution in [-0.4, -0.2) is 14.3 Å². The molecule has 6 heteroatoms. The molecule has 4 rings (SSSR count). The van der Waals surface area contributed by atoms with E-state index in [4.69, 9.17) is 0 Å². The summed E-state index contributed by atoms with van der Waals surface area (Å²) in [5, 5.41) is 4.03. The van der Waals surface area contributed by atoms with Gasteiger partial charge in [0.1, 0.15) is 5.69 Å². The highest BCUT2D eigenvalue weighted by molar-refractivity contribution is 5.92. The minimum Gasteiger partial charge on any atom is -0.349 e. The van der Waals surface area contributed by atoms with Crippen LogP contribution in [0, 0.1) is 6.92 Å². The predicted molar refractivity (Wildman–Crippen MR) is 104 cm³/mol. The monoisotopic (exact) mass is 346 g/mol. The largest absolute Gasteiger partial charge is 0.349 e. The Morgan fingerprint density at radius 2 is 1.65 bits per heavy atom. The normalized spacial score (nSPS) is 11.0. The van der Waals surface area contributed by atoms with Crippen LogP contribution >= 0.6 is 0 Å². The molecule has 0 atom stereocenters. The number of benzene rings is 2. The van der Waals surface area contributed by atoms with Gasteiger partial charge < -0.3 is 10.3 Å². The average Bonchev–Trinajstić information content (AvgIpc) is 2.85. The van der Waals surface area contributed by atoms with Crippen LogP contribution in [0.2, 0.25) is 0 Å². The molecule has 0 saturated heterocycles. The fourth-order valence-corrected chi connectivity index (χ4v) is 3.16. The quantitative estimate of drug-likeness (QED) is 0.599. The van der Waals surface area contributed by atoms with E-state index < -0.39 is 0 Å². The first kappa shape index (κ1) is 16.0. The summed E-state index contributed by atoms with van der Waals surface area (Å²) in [6, 6.07) is 18.4. The van der Waals surface area contributed by atoms with Crippen LogP contribution in [0.5, 0.6) is 0 Å². The van der Waals surface area contributed by atoms with Crippen molar-refractivity contribution in [3.05, 3.63) is 87.1 Å². The number of H-pyrrole nitrogens is 1. The number of rotatable bonds is 3. The lowest BCUT2D eigenvalue weighted by molar-refractivity contribution is 0.630. The second-order valence-electron chi connectivity index (χ2n) is 6.15. The van der Waals surface area contributed by atoms with E-state index in [0.717, 1.165) is 22.3 Å². The van der Waals surface area contributed by atoms with Crippen LogP contribution in [0.4, 0.5) is 11.4 Å². The summed E-state index contributed by atoms with van der Waals surface area (Å²) in [6.45, 7) is 1.87. The van der Waals surface area contributed by atoms with Crippen molar-refractivity contribution in [1.29, 1.82) is 0 Å². The summed E-state index contributed by atoms with van der Waals surface area (Å²) in [5.41, 5.74) is 2.96. The minimum atomic E-state index is -0.219. The van der Waals surface area contributed by atoms with Gasteiger partial charge in [-0.2, -0.15) is 0 Å². The first-order valence-corrected chi connectivity index (χ1v) is 8.29. The van der Waals surface area contributed by atoms with Gasteiger partial charge in [0, 0.05) is 18.5 Å². The molecule has 0 bridgehead atoms. The van der Waals surface area contributed by atoms with E-state index in [1.165, 1.54) is 6.07 Å². The van der Waals surface area contributed by atoms with Crippen LogP contribution in [0.25, 0.3) is 16.6 Å². The number of fused-ring (bicyclic) bond motifs is 1. The Hall–Kier alpha value is -3.54. The molecule has 2 aromatic carbocycles. The number of aromatic amines is 1. The molecule has 2 N–H and O–H groups in total. The minimum absolute atomic E-state index is 0.166. The molecule has 0 saturated carbocycles. The van der Waals surface area contributed by atoms with E-state index in [2.05, 4.69) is 10.3 Å². The van der Waals surface area contributed by atoms with Gasteiger partial charge in [0.2, 0.25) is 5.56 Å². The van der Waals surface area contributed by atoms with Crippen LogP contribution in [0.3, 0.4) is 0 Å². The Morgan fingerprint density at radius 1 is 0.962 bits per heavy atom. The highest BCUT2D eigenvalue weighted by atomic mass is 16.1. The van der Waals surface area contributed by atoms with Gasteiger partial charge in [-0.15, -0.1) is 0 Å². The summed E-state index contributed by atoms with van der Waals surface area (Å²) in [7, 11) is 1.84. The van der Waals surface area contributed by atoms with Gasteiger partial charge in [-0.3, -0.25) is 14.3 Å². The average molecular weight is 346 g/mol. The molecule has 2 heterocycles. The molecule has 0 radical (unpaired) electrons. The van der Waals surface area contributed by atoms with Crippen molar-refractivity contribution in [3.8, 4) is 5.69 Å². The lowest BCUT2D eigenvalue weighted by Crippen LogP contribution is -2.20. The second-order valence-corrected chi connectivity index (χ2v) is 6.15. The summed E-state index contributed by atoms with van der Waals surface area (Å²) in [5.74, 6) is 0. The van der Waals surface area contributed by atoms with Gasteiger partial charge in [-0.05, 0) is 25.1 Å². The third-order valence-corrected chi connectivity index (χ3v) is 4.56. The smallest absolute Gasteiger partial charge is 0.295 e. The molecule has 130 valence electrons. The van der Waals surface area contributed by atoms with Gasteiger partial charge in [0.15, 0.2) is 0 Å². The highest BCUT2D eigenvalue weighted by Crippen LogP contribution is 2.24. The molecule has 0 unspecified atom stereocenters. The highest BCUT2D eigenvalue weighted by Gasteiger charge is 2.17. The molecule has 0 aliphatic heterocycles. The fraction of sp³-hybridized carbons (Fsp3) is 0.100. The van der Waals surface area contributed by atoms with Gasteiger partial charge in [0.05, 0.1) is 22.6 Å². The lowest BCUT2D eigenvalue weighted by Gasteiger charge is -2.08. The number of hydrogen-bond acceptors (Lipinski definition) is 3. The van der Waals surface area contributed by atoms with Crippen LogP contribution in [0.15, 0.2) is 70.3 Å². The zero-order valence-electron chi connectivity index (χ0n) is 14.5. The maximum Gasteiger partial charge on any atom is 0.295 e. The molecule has 4 aromatic rings. The van der Waals surface area contributed by atoms with E-state index in [1.54, 1.807) is 9.36 Å². The van der Waals surface area contributed by atoms with E-state index in [-0.39, 0.29) is 11.1 Å². The Bertz CT molecular complexity index is 1220. The van der Waals surface area contributed by atoms with E-state index in [1.807, 2.05) is 68.6 Å². The topological polar surface area (TPSA) is 71.8 Å². The summed E-state index contributed by atoms with van der Waals surface area (Å²) in [6.07, 6.45) is 0. The fourth-order valence-electron chi connectivity index (χ4n) is 3.16. The van der Waals surface area contributed by atoms with Crippen molar-refractivity contribution in [2.75, 3.05) is 5.32 Å². The number of anilines is 2. The van der Waals surface area contributed by atoms with E-state index in [9.17, 15) is 9.59 Å². The molecule has 0 amide bonds. The maximum atomic E-state index is 13.0. The van der Waals surface area contributed by atoms with Crippen molar-refractivity contribution in [2.45, 2.75) is 6.92 Å². The first-order valence-electron chi connectivity index (χ1n) is 8.29. The Balaban J connectivity index is 1.89. The number of nitrogens with one attached hydrogen (secondary N) is 2. The zero-order valence-corrected chi connectivity index (χ0v) is 14.5. The molecule has 0 aliphatic rings. The molecule has 0 fully saturated rings. The number of pyridine rings is 1. The second kappa shape index (κ2) is 6.07. The number of para-hydroxylation sites is 2. The molecule has 0 aliphatic carbocycles. The maximum absolute atomic E-state index is 13.0. The Kier molecular flexibility index (Phi) is 3.73. The summed E-state index contributed by atoms with van der Waals surface area (Å²) in [4.78, 5) is 27.8. The summed E-state index contributed by atoms with van der Waals surface area (Å²) >= 11 is 0. The molecular weight excluding hydrogens is 328 g/mol. The van der Waals surface area contributed by atoms with Crippen LogP contribution < -0.4 is 16.4 Å². The van der Waals surface area contributed by atoms with Crippen molar-refractivity contribution >= 4 is 22.3 Å². The molecule has 2 aromatic heterocycles. The molecule has 0 spiro atoms. The molecule has 26 heavy (non-hydrogen) atoms. The van der Waals surface area contributed by atoms with Gasteiger partial charge in [-0.1, -0.05) is 36.4 Å². The van der Waals surface area contributed by atoms with Crippen molar-refractivity contribution in [3.63, 3.8) is 0 Å². The SMILES string of the molecule is Cc1c(Nc2cc(=O)[nH]c3ccccc23)c(=O)n(-c2ccccc2)n1C. The van der Waals surface area contributed by atoms with Crippen molar-refractivity contribution in [1.82, 2.24) is 14.3 Å². The predicted octanol–water partition coefficient (Wildman–Crippen LogP) is 3.07. The van der Waals surface area contributed by atoms with Gasteiger partial charge in [-0.25, -0.2) is 4.68 Å². The number of nitrogens with zero attached hydrogens (tertiary/aromatic N) is 2. The van der Waals surface area contributed by atoms with E-state index in [0.29, 0.717) is 11.4 Å². The first-order chi connectivity index (χ1) is 12.6. The van der Waals surface area contributed by atoms with Crippen molar-refractivity contribution < 1.29 is 0 Å². The third-order valence-electron chi connectivity index (χ3n) is 4.56. The van der Waals surface area contributed by atoms with Crippen LogP contribution in [-0.2, 0) is 7.05 Å². The lowest BCUT2D eigenvalue weighted by atomic mass is 10.2. The van der Waals surface area contributed by atoms with E-state index >= 15 is 0 Å². The Labute approximate surface area is 149 Å².